The van der Waals surface area contributed by atoms with Gasteiger partial charge in [0.1, 0.15) is 0 Å². The van der Waals surface area contributed by atoms with Crippen molar-refractivity contribution in [3.8, 4) is 0 Å². The van der Waals surface area contributed by atoms with Gasteiger partial charge in [-0.2, -0.15) is 0 Å². The molecule has 30 heavy (non-hydrogen) atoms. The van der Waals surface area contributed by atoms with Gasteiger partial charge in [-0.05, 0) is 55.5 Å². The van der Waals surface area contributed by atoms with Gasteiger partial charge in [-0.3, -0.25) is 4.98 Å². The van der Waals surface area contributed by atoms with Crippen LogP contribution < -0.4 is 16.0 Å². The summed E-state index contributed by atoms with van der Waals surface area (Å²) in [6.07, 6.45) is 15.8. The highest BCUT2D eigenvalue weighted by atomic mass is 16.3. The van der Waals surface area contributed by atoms with Gasteiger partial charge in [0.15, 0.2) is 0 Å². The van der Waals surface area contributed by atoms with Crippen LogP contribution in [-0.4, -0.2) is 16.6 Å². The zero-order valence-electron chi connectivity index (χ0n) is 17.5. The minimum atomic E-state index is -0.429. The van der Waals surface area contributed by atoms with Gasteiger partial charge >= 0.3 is 0 Å². The monoisotopic (exact) mass is 402 g/mol. The van der Waals surface area contributed by atoms with E-state index in [1.807, 2.05) is 6.20 Å². The molecule has 0 radical (unpaired) electrons. The molecule has 1 unspecified atom stereocenters. The highest BCUT2D eigenvalue weighted by Crippen LogP contribution is 2.42. The number of allylic oxidation sites excluding steroid dienone is 4. The maximum absolute atomic E-state index is 10.2. The summed E-state index contributed by atoms with van der Waals surface area (Å²) >= 11 is 0. The first-order valence-electron chi connectivity index (χ1n) is 10.8. The standard InChI is InChI=1S/C25H30N4O/c1-2-3-4-5-6-7-20(17-26)28-19-8-10-22-18(16-19)13-15-29(22)23-12-14-27-25-21(23)9-11-24(25)30/h3-6,8,10,12,14,16-17,24,28,30H,2,7,9,11,13,15,26H2,1H3/b4-3-,6-5-,20-17+. The molecule has 2 aromatic rings. The van der Waals surface area contributed by atoms with E-state index >= 15 is 0 Å². The maximum Gasteiger partial charge on any atom is 0.0966 e. The van der Waals surface area contributed by atoms with Gasteiger partial charge in [0.2, 0.25) is 0 Å². The summed E-state index contributed by atoms with van der Waals surface area (Å²) in [6.45, 7) is 3.06. The SMILES string of the molecule is CC/C=C\C=C/C/C(=C\N)Nc1ccc2c(c1)CCN2c1ccnc2c1CCC2O. The molecule has 1 aliphatic carbocycles. The number of hydrogen-bond acceptors (Lipinski definition) is 5. The number of fused-ring (bicyclic) bond motifs is 2. The molecule has 0 spiro atoms. The average Bonchev–Trinajstić information content (AvgIpc) is 3.36. The zero-order valence-corrected chi connectivity index (χ0v) is 17.5. The second-order valence-corrected chi connectivity index (χ2v) is 7.78. The number of nitrogens with zero attached hydrogens (tertiary/aromatic N) is 2. The normalized spacial score (nSPS) is 18.4. The van der Waals surface area contributed by atoms with Crippen LogP contribution in [-0.2, 0) is 12.8 Å². The summed E-state index contributed by atoms with van der Waals surface area (Å²) in [5.41, 5.74) is 13.6. The molecule has 4 rings (SSSR count). The molecule has 4 N–H and O–H groups in total. The van der Waals surface area contributed by atoms with Crippen molar-refractivity contribution in [2.24, 2.45) is 5.73 Å². The first-order chi connectivity index (χ1) is 14.7. The molecule has 0 bridgehead atoms. The average molecular weight is 403 g/mol. The second-order valence-electron chi connectivity index (χ2n) is 7.78. The quantitative estimate of drug-likeness (QED) is 0.576. The van der Waals surface area contributed by atoms with E-state index in [0.29, 0.717) is 0 Å². The molecule has 1 atom stereocenters. The molecular weight excluding hydrogens is 372 g/mol. The van der Waals surface area contributed by atoms with Crippen molar-refractivity contribution in [1.29, 1.82) is 0 Å². The Labute approximate surface area is 178 Å². The van der Waals surface area contributed by atoms with Crippen LogP contribution in [0.15, 0.2) is 66.7 Å². The van der Waals surface area contributed by atoms with E-state index in [1.165, 1.54) is 22.5 Å². The second kappa shape index (κ2) is 9.18. The number of anilines is 3. The number of rotatable bonds is 7. The number of nitrogens with two attached hydrogens (primary N) is 1. The van der Waals surface area contributed by atoms with Gasteiger partial charge in [0, 0.05) is 53.7 Å². The predicted molar refractivity (Wildman–Crippen MR) is 124 cm³/mol. The topological polar surface area (TPSA) is 74.4 Å². The lowest BCUT2D eigenvalue weighted by Crippen LogP contribution is -2.15. The Morgan fingerprint density at radius 1 is 1.23 bits per heavy atom. The zero-order chi connectivity index (χ0) is 20.9. The fourth-order valence-corrected chi connectivity index (χ4v) is 4.28. The molecule has 2 aliphatic rings. The summed E-state index contributed by atoms with van der Waals surface area (Å²) in [7, 11) is 0. The third-order valence-electron chi connectivity index (χ3n) is 5.78. The van der Waals surface area contributed by atoms with Crippen molar-refractivity contribution in [2.45, 2.75) is 45.1 Å². The van der Waals surface area contributed by atoms with E-state index in [1.54, 1.807) is 6.20 Å². The van der Waals surface area contributed by atoms with Crippen LogP contribution in [0.3, 0.4) is 0 Å². The van der Waals surface area contributed by atoms with Crippen molar-refractivity contribution in [3.05, 3.63) is 83.5 Å². The van der Waals surface area contributed by atoms with Crippen molar-refractivity contribution in [2.75, 3.05) is 16.8 Å². The number of benzene rings is 1. The predicted octanol–water partition coefficient (Wildman–Crippen LogP) is 4.88. The summed E-state index contributed by atoms with van der Waals surface area (Å²) in [5, 5.41) is 13.6. The van der Waals surface area contributed by atoms with Crippen LogP contribution in [0.25, 0.3) is 0 Å². The van der Waals surface area contributed by atoms with Crippen LogP contribution in [0.1, 0.15) is 49.1 Å². The van der Waals surface area contributed by atoms with Crippen molar-refractivity contribution >= 4 is 17.1 Å². The fraction of sp³-hybridized carbons (Fsp3) is 0.320. The molecule has 0 amide bonds. The van der Waals surface area contributed by atoms with Crippen LogP contribution in [0.4, 0.5) is 17.1 Å². The number of aliphatic hydroxyl groups is 1. The van der Waals surface area contributed by atoms with Crippen LogP contribution in [0, 0.1) is 0 Å². The molecule has 5 nitrogen and oxygen atoms in total. The van der Waals surface area contributed by atoms with E-state index in [2.05, 4.69) is 70.7 Å². The molecule has 1 aromatic heterocycles. The lowest BCUT2D eigenvalue weighted by atomic mass is 10.1. The summed E-state index contributed by atoms with van der Waals surface area (Å²) in [5.74, 6) is 0. The molecule has 0 saturated carbocycles. The summed E-state index contributed by atoms with van der Waals surface area (Å²) in [6, 6.07) is 8.58. The van der Waals surface area contributed by atoms with E-state index in [4.69, 9.17) is 5.73 Å². The maximum atomic E-state index is 10.2. The van der Waals surface area contributed by atoms with Gasteiger partial charge in [0.05, 0.1) is 11.8 Å². The highest BCUT2D eigenvalue weighted by Gasteiger charge is 2.29. The molecule has 2 heterocycles. The summed E-state index contributed by atoms with van der Waals surface area (Å²) < 4.78 is 0. The minimum absolute atomic E-state index is 0.429. The first-order valence-corrected chi connectivity index (χ1v) is 10.8. The number of hydrogen-bond donors (Lipinski definition) is 3. The molecule has 156 valence electrons. The molecule has 5 heteroatoms. The van der Waals surface area contributed by atoms with Gasteiger partial charge < -0.3 is 21.1 Å². The Kier molecular flexibility index (Phi) is 6.19. The van der Waals surface area contributed by atoms with Gasteiger partial charge in [-0.25, -0.2) is 0 Å². The third kappa shape index (κ3) is 4.12. The van der Waals surface area contributed by atoms with E-state index < -0.39 is 6.10 Å². The Bertz CT molecular complexity index is 993. The Morgan fingerprint density at radius 3 is 2.93 bits per heavy atom. The van der Waals surface area contributed by atoms with Crippen molar-refractivity contribution < 1.29 is 5.11 Å². The van der Waals surface area contributed by atoms with Crippen LogP contribution in [0.2, 0.25) is 0 Å². The van der Waals surface area contributed by atoms with Crippen LogP contribution >= 0.6 is 0 Å². The molecule has 1 aromatic carbocycles. The molecule has 0 fully saturated rings. The Hall–Kier alpha value is -3.05. The van der Waals surface area contributed by atoms with Crippen molar-refractivity contribution in [1.82, 2.24) is 4.98 Å². The lowest BCUT2D eigenvalue weighted by Gasteiger charge is -2.23. The molecular formula is C25H30N4O. The van der Waals surface area contributed by atoms with Crippen LogP contribution in [0.5, 0.6) is 0 Å². The van der Waals surface area contributed by atoms with E-state index in [-0.39, 0.29) is 0 Å². The van der Waals surface area contributed by atoms with Gasteiger partial charge in [-0.1, -0.05) is 31.2 Å². The number of pyridine rings is 1. The van der Waals surface area contributed by atoms with E-state index in [0.717, 1.165) is 55.7 Å². The molecule has 1 aliphatic heterocycles. The fourth-order valence-electron chi connectivity index (χ4n) is 4.28. The van der Waals surface area contributed by atoms with Gasteiger partial charge in [0.25, 0.3) is 0 Å². The largest absolute Gasteiger partial charge is 0.403 e. The Morgan fingerprint density at radius 2 is 2.10 bits per heavy atom. The number of aliphatic hydroxyl groups excluding tert-OH is 1. The Balaban J connectivity index is 1.49. The lowest BCUT2D eigenvalue weighted by molar-refractivity contribution is 0.176. The number of nitrogens with one attached hydrogen (secondary N) is 1. The van der Waals surface area contributed by atoms with Gasteiger partial charge in [-0.15, -0.1) is 0 Å². The first kappa shape index (κ1) is 20.2. The number of aromatic nitrogens is 1. The smallest absolute Gasteiger partial charge is 0.0966 e. The molecule has 0 saturated heterocycles. The van der Waals surface area contributed by atoms with E-state index in [9.17, 15) is 5.11 Å². The third-order valence-corrected chi connectivity index (χ3v) is 5.78. The minimum Gasteiger partial charge on any atom is -0.403 e. The van der Waals surface area contributed by atoms with Crippen molar-refractivity contribution in [3.63, 3.8) is 0 Å². The highest BCUT2D eigenvalue weighted by molar-refractivity contribution is 5.75. The summed E-state index contributed by atoms with van der Waals surface area (Å²) in [4.78, 5) is 6.77.